The van der Waals surface area contributed by atoms with Crippen molar-refractivity contribution < 1.29 is 45.8 Å². The Hall–Kier alpha value is -4.83. The van der Waals surface area contributed by atoms with Crippen LogP contribution in [0.5, 0.6) is 11.5 Å². The first-order valence-corrected chi connectivity index (χ1v) is 16.4. The number of nitrogens with two attached hydrogens (primary N) is 3. The first-order chi connectivity index (χ1) is 22.3. The molecule has 0 saturated carbocycles. The number of hydrogen-bond donors (Lipinski definition) is 5. The molecule has 0 aromatic heterocycles. The van der Waals surface area contributed by atoms with Crippen molar-refractivity contribution in [1.82, 2.24) is 10.6 Å². The predicted octanol–water partition coefficient (Wildman–Crippen LogP) is 1.04. The van der Waals surface area contributed by atoms with E-state index in [0.717, 1.165) is 5.56 Å². The Morgan fingerprint density at radius 3 is 1.81 bits per heavy atom. The summed E-state index contributed by atoms with van der Waals surface area (Å²) in [5.41, 5.74) is 13.2. The van der Waals surface area contributed by atoms with Crippen molar-refractivity contribution in [2.24, 2.45) is 11.5 Å². The molecule has 0 aliphatic rings. The quantitative estimate of drug-likeness (QED) is 0.0504. The van der Waals surface area contributed by atoms with Crippen LogP contribution in [0.25, 0.3) is 0 Å². The second-order valence-corrected chi connectivity index (χ2v) is 12.3. The maximum absolute atomic E-state index is 14.9. The summed E-state index contributed by atoms with van der Waals surface area (Å²) >= 11 is 0. The number of unbranched alkanes of at least 4 members (excludes halogenated alkanes) is 1. The van der Waals surface area contributed by atoms with Crippen molar-refractivity contribution in [1.29, 1.82) is 0 Å². The van der Waals surface area contributed by atoms with E-state index in [2.05, 4.69) is 10.6 Å². The van der Waals surface area contributed by atoms with E-state index in [9.17, 15) is 14.2 Å². The minimum absolute atomic E-state index is 0. The number of para-hydroxylation sites is 2. The fourth-order valence-corrected chi connectivity index (χ4v) is 6.39. The highest BCUT2D eigenvalue weighted by Gasteiger charge is 2.43. The number of nitrogens with one attached hydrogen (secondary N) is 2. The molecule has 0 aliphatic carbocycles. The van der Waals surface area contributed by atoms with E-state index in [0.29, 0.717) is 30.5 Å². The summed E-state index contributed by atoms with van der Waals surface area (Å²) in [7, 11) is -4.31. The van der Waals surface area contributed by atoms with Gasteiger partial charge in [-0.15, -0.1) is 0 Å². The third-order valence-electron chi connectivity index (χ3n) is 6.87. The van der Waals surface area contributed by atoms with Gasteiger partial charge in [0.05, 0.1) is 5.56 Å². The third kappa shape index (κ3) is 11.2. The molecule has 0 fully saturated rings. The van der Waals surface area contributed by atoms with E-state index in [1.54, 1.807) is 84.9 Å². The molecule has 0 bridgehead atoms. The first kappa shape index (κ1) is 36.6. The molecule has 0 heterocycles. The molecule has 0 saturated heterocycles. The summed E-state index contributed by atoms with van der Waals surface area (Å²) in [5, 5.41) is 11.3. The Balaban J connectivity index is 0.00000600. The molecule has 4 rings (SSSR count). The fourth-order valence-electron chi connectivity index (χ4n) is 4.49. The van der Waals surface area contributed by atoms with Gasteiger partial charge in [-0.05, 0) is 73.3 Å². The molecular formula is C34H39ClN5O6P. The highest BCUT2D eigenvalue weighted by atomic mass is 35.5. The minimum atomic E-state index is -4.31. The summed E-state index contributed by atoms with van der Waals surface area (Å²) in [5.74, 6) is -1.33. The van der Waals surface area contributed by atoms with Gasteiger partial charge in [0, 0.05) is 0 Å². The van der Waals surface area contributed by atoms with Crippen LogP contribution in [-0.2, 0) is 20.7 Å². The van der Waals surface area contributed by atoms with Crippen LogP contribution in [-0.4, -0.2) is 30.4 Å². The van der Waals surface area contributed by atoms with Gasteiger partial charge in [0.25, 0.3) is 5.84 Å². The molecular weight excluding hydrogens is 641 g/mol. The summed E-state index contributed by atoms with van der Waals surface area (Å²) in [4.78, 5) is 26.8. The highest BCUT2D eigenvalue weighted by molar-refractivity contribution is 7.55. The van der Waals surface area contributed by atoms with Gasteiger partial charge in [-0.1, -0.05) is 78.9 Å². The molecule has 2 amide bonds. The van der Waals surface area contributed by atoms with Gasteiger partial charge in [0.15, 0.2) is 5.78 Å². The number of alkyl carbamates (subject to hydrolysis) is 1. The summed E-state index contributed by atoms with van der Waals surface area (Å²) in [6.07, 6.45) is 0.629. The number of carbonyl (C=O) groups is 2. The zero-order valence-electron chi connectivity index (χ0n) is 25.7. The Bertz CT molecular complexity index is 1570. The molecule has 248 valence electrons. The van der Waals surface area contributed by atoms with Crippen molar-refractivity contribution >= 4 is 25.4 Å². The normalized spacial score (nSPS) is 12.0. The fraction of sp³-hybridized carbons (Fsp3) is 0.206. The molecule has 0 spiro atoms. The van der Waals surface area contributed by atoms with Crippen LogP contribution in [0.1, 0.15) is 41.7 Å². The lowest BCUT2D eigenvalue weighted by Crippen LogP contribution is -3.00. The van der Waals surface area contributed by atoms with Crippen molar-refractivity contribution in [3.8, 4) is 11.5 Å². The lowest BCUT2D eigenvalue weighted by Gasteiger charge is -2.30. The van der Waals surface area contributed by atoms with Crippen molar-refractivity contribution in [3.05, 3.63) is 132 Å². The van der Waals surface area contributed by atoms with Crippen LogP contribution in [0.4, 0.5) is 4.79 Å². The predicted molar refractivity (Wildman–Crippen MR) is 176 cm³/mol. The van der Waals surface area contributed by atoms with Crippen LogP contribution < -0.4 is 49.0 Å². The van der Waals surface area contributed by atoms with E-state index in [1.807, 2.05) is 30.3 Å². The Morgan fingerprint density at radius 2 is 1.30 bits per heavy atom. The SMILES string of the molecule is NCCCC[C@H](NC(=O)OCc1ccccc1)C(=O)NC(c1ccc(C(N)=[NH2+])cc1)P(=O)(Oc1ccccc1)Oc1ccccc1.[Cl-]. The lowest BCUT2D eigenvalue weighted by atomic mass is 10.1. The van der Waals surface area contributed by atoms with Crippen LogP contribution in [0.3, 0.4) is 0 Å². The maximum atomic E-state index is 14.9. The number of amides is 2. The van der Waals surface area contributed by atoms with Gasteiger partial charge in [-0.3, -0.25) is 15.9 Å². The van der Waals surface area contributed by atoms with E-state index in [4.69, 9.17) is 30.7 Å². The average molecular weight is 680 g/mol. The van der Waals surface area contributed by atoms with Crippen LogP contribution in [0.15, 0.2) is 115 Å². The lowest BCUT2D eigenvalue weighted by molar-refractivity contribution is -0.123. The zero-order valence-corrected chi connectivity index (χ0v) is 27.3. The number of hydrogen-bond acceptors (Lipinski definition) is 7. The van der Waals surface area contributed by atoms with Gasteiger partial charge < -0.3 is 42.6 Å². The van der Waals surface area contributed by atoms with Gasteiger partial charge >= 0.3 is 13.7 Å². The molecule has 4 aromatic carbocycles. The van der Waals surface area contributed by atoms with E-state index < -0.39 is 31.4 Å². The van der Waals surface area contributed by atoms with Crippen molar-refractivity contribution in [2.75, 3.05) is 6.54 Å². The van der Waals surface area contributed by atoms with Crippen LogP contribution in [0, 0.1) is 0 Å². The Labute approximate surface area is 280 Å². The summed E-state index contributed by atoms with van der Waals surface area (Å²) in [6.45, 7) is 0.430. The van der Waals surface area contributed by atoms with E-state index in [-0.39, 0.29) is 42.8 Å². The molecule has 1 unspecified atom stereocenters. The molecule has 2 atom stereocenters. The zero-order chi connectivity index (χ0) is 32.8. The molecule has 4 aromatic rings. The molecule has 47 heavy (non-hydrogen) atoms. The minimum Gasteiger partial charge on any atom is -1.00 e. The molecule has 0 radical (unpaired) electrons. The summed E-state index contributed by atoms with van der Waals surface area (Å²) < 4.78 is 32.5. The summed E-state index contributed by atoms with van der Waals surface area (Å²) in [6, 6.07) is 31.6. The molecule has 13 heteroatoms. The monoisotopic (exact) mass is 679 g/mol. The number of carbonyl (C=O) groups excluding carboxylic acids is 2. The van der Waals surface area contributed by atoms with Crippen molar-refractivity contribution in [3.63, 3.8) is 0 Å². The number of ether oxygens (including phenoxy) is 1. The van der Waals surface area contributed by atoms with Gasteiger partial charge in [-0.25, -0.2) is 9.36 Å². The van der Waals surface area contributed by atoms with Crippen molar-refractivity contribution in [2.45, 2.75) is 37.7 Å². The number of halogens is 1. The number of benzene rings is 4. The molecule has 8 N–H and O–H groups in total. The Kier molecular flexibility index (Phi) is 14.3. The van der Waals surface area contributed by atoms with Crippen LogP contribution in [0.2, 0.25) is 0 Å². The second-order valence-electron chi connectivity index (χ2n) is 10.4. The topological polar surface area (TPSA) is 181 Å². The van der Waals surface area contributed by atoms with E-state index in [1.165, 1.54) is 0 Å². The smallest absolute Gasteiger partial charge is 0.457 e. The van der Waals surface area contributed by atoms with E-state index >= 15 is 0 Å². The maximum Gasteiger partial charge on any atom is 0.457 e. The van der Waals surface area contributed by atoms with Gasteiger partial charge in [-0.2, -0.15) is 0 Å². The molecule has 0 aliphatic heterocycles. The Morgan fingerprint density at radius 1 is 0.766 bits per heavy atom. The van der Waals surface area contributed by atoms with Crippen LogP contribution >= 0.6 is 7.60 Å². The number of amidine groups is 1. The average Bonchev–Trinajstić information content (AvgIpc) is 3.07. The first-order valence-electron chi connectivity index (χ1n) is 14.8. The third-order valence-corrected chi connectivity index (χ3v) is 8.87. The molecule has 11 nitrogen and oxygen atoms in total. The standard InChI is InChI=1S/C34H38N5O6P.ClH/c35-23-11-10-18-30(38-34(41)43-24-25-12-4-1-5-13-25)32(40)39-33(27-21-19-26(20-22-27)31(36)37)46(42,44-28-14-6-2-7-15-28)45-29-16-8-3-9-17-29;/h1-9,12-17,19-22,30,33H,10-11,18,23-24,35H2,(H3,36,37)(H,38,41)(H,39,40);1H/t30-,33?;/m0./s1. The largest absolute Gasteiger partial charge is 1.00 e. The van der Waals surface area contributed by atoms with Gasteiger partial charge in [0.1, 0.15) is 24.1 Å². The second kappa shape index (κ2) is 18.3. The van der Waals surface area contributed by atoms with Gasteiger partial charge in [0.2, 0.25) is 5.91 Å². The number of rotatable bonds is 16. The highest BCUT2D eigenvalue weighted by Crippen LogP contribution is 2.59.